The van der Waals surface area contributed by atoms with Crippen LogP contribution in [0.1, 0.15) is 0 Å². The molecule has 2 radical (unpaired) electrons. The fourth-order valence-corrected chi connectivity index (χ4v) is 0.208. The molecule has 0 aromatic carbocycles. The van der Waals surface area contributed by atoms with E-state index in [0.717, 1.165) is 0 Å². The summed E-state index contributed by atoms with van der Waals surface area (Å²) in [7, 11) is 0. The Balaban J connectivity index is 2.32. The van der Waals surface area contributed by atoms with Gasteiger partial charge < -0.3 is 5.43 Å². The molecule has 0 fully saturated rings. The zero-order chi connectivity index (χ0) is 3.54. The van der Waals surface area contributed by atoms with E-state index in [1.54, 1.807) is 12.3 Å². The van der Waals surface area contributed by atoms with E-state index in [1.165, 1.54) is 0 Å². The average Bonchev–Trinajstić information content (AvgIpc) is 1.76. The Hall–Kier alpha value is -0.500. The molecule has 1 aliphatic rings. The molecule has 0 amide bonds. The van der Waals surface area contributed by atoms with Gasteiger partial charge in [-0.25, -0.2) is 5.43 Å². The Morgan fingerprint density at radius 2 is 2.60 bits per heavy atom. The third kappa shape index (κ3) is 0.389. The van der Waals surface area contributed by atoms with Gasteiger partial charge in [-0.3, -0.25) is 0 Å². The zero-order valence-electron chi connectivity index (χ0n) is 2.65. The van der Waals surface area contributed by atoms with E-state index in [2.05, 4.69) is 17.4 Å². The molecule has 0 unspecified atom stereocenters. The third-order valence-corrected chi connectivity index (χ3v) is 0.394. The van der Waals surface area contributed by atoms with Crippen molar-refractivity contribution in [3.05, 3.63) is 18.8 Å². The summed E-state index contributed by atoms with van der Waals surface area (Å²) in [5.41, 5.74) is 5.29. The SMILES string of the molecule is [C]1C=CNN1. The summed E-state index contributed by atoms with van der Waals surface area (Å²) in [4.78, 5) is 0. The van der Waals surface area contributed by atoms with E-state index >= 15 is 0 Å². The molecule has 0 aromatic rings. The topological polar surface area (TPSA) is 24.1 Å². The molecule has 1 rings (SSSR count). The fraction of sp³-hybridized carbons (Fsp3) is 0. The smallest absolute Gasteiger partial charge is 0.108 e. The number of rotatable bonds is 0. The van der Waals surface area contributed by atoms with Crippen LogP contribution in [0.3, 0.4) is 0 Å². The summed E-state index contributed by atoms with van der Waals surface area (Å²) < 4.78 is 0. The van der Waals surface area contributed by atoms with Gasteiger partial charge in [-0.15, -0.1) is 0 Å². The minimum atomic E-state index is 1.76. The Kier molecular flexibility index (Phi) is 0.588. The molecular formula is C3H4N2. The van der Waals surface area contributed by atoms with Crippen molar-refractivity contribution < 1.29 is 0 Å². The van der Waals surface area contributed by atoms with Crippen molar-refractivity contribution in [2.24, 2.45) is 0 Å². The van der Waals surface area contributed by atoms with Crippen LogP contribution in [0, 0.1) is 6.54 Å². The summed E-state index contributed by atoms with van der Waals surface area (Å²) in [6.45, 7) is 2.68. The number of hydrogen-bond donors (Lipinski definition) is 2. The molecule has 1 aliphatic heterocycles. The molecule has 0 bridgehead atoms. The van der Waals surface area contributed by atoms with Crippen molar-refractivity contribution >= 4 is 0 Å². The first-order chi connectivity index (χ1) is 2.50. The first-order valence-corrected chi connectivity index (χ1v) is 1.41. The summed E-state index contributed by atoms with van der Waals surface area (Å²) in [6.07, 6.45) is 3.53. The molecule has 1 heterocycles. The van der Waals surface area contributed by atoms with Gasteiger partial charge in [0.1, 0.15) is 6.54 Å². The van der Waals surface area contributed by atoms with Crippen LogP contribution in [0.2, 0.25) is 0 Å². The van der Waals surface area contributed by atoms with Crippen LogP contribution in [-0.2, 0) is 0 Å². The predicted molar refractivity (Wildman–Crippen MR) is 18.7 cm³/mol. The van der Waals surface area contributed by atoms with E-state index < -0.39 is 0 Å². The van der Waals surface area contributed by atoms with Crippen LogP contribution < -0.4 is 10.9 Å². The lowest BCUT2D eigenvalue weighted by molar-refractivity contribution is 0.781. The van der Waals surface area contributed by atoms with Gasteiger partial charge in [-0.2, -0.15) is 0 Å². The van der Waals surface area contributed by atoms with Gasteiger partial charge in [-0.05, 0) is 6.08 Å². The average molecular weight is 68.1 g/mol. The van der Waals surface area contributed by atoms with E-state index in [9.17, 15) is 0 Å². The molecular weight excluding hydrogens is 64.0 g/mol. The van der Waals surface area contributed by atoms with Gasteiger partial charge in [0.25, 0.3) is 0 Å². The third-order valence-electron chi connectivity index (χ3n) is 0.394. The molecule has 0 spiro atoms. The molecule has 2 nitrogen and oxygen atoms in total. The van der Waals surface area contributed by atoms with E-state index in [4.69, 9.17) is 0 Å². The van der Waals surface area contributed by atoms with Gasteiger partial charge >= 0.3 is 0 Å². The van der Waals surface area contributed by atoms with Crippen molar-refractivity contribution in [1.82, 2.24) is 10.9 Å². The zero-order valence-corrected chi connectivity index (χ0v) is 2.65. The molecule has 0 aliphatic carbocycles. The highest BCUT2D eigenvalue weighted by Crippen LogP contribution is 1.74. The van der Waals surface area contributed by atoms with Crippen LogP contribution in [-0.4, -0.2) is 0 Å². The summed E-state index contributed by atoms with van der Waals surface area (Å²) >= 11 is 0. The quantitative estimate of drug-likeness (QED) is 0.405. The van der Waals surface area contributed by atoms with Crippen LogP contribution in [0.25, 0.3) is 0 Å². The molecule has 0 aromatic heterocycles. The van der Waals surface area contributed by atoms with Gasteiger partial charge in [0, 0.05) is 6.20 Å². The molecule has 0 saturated carbocycles. The number of nitrogens with one attached hydrogen (secondary N) is 2. The fourth-order valence-electron chi connectivity index (χ4n) is 0.208. The van der Waals surface area contributed by atoms with Crippen LogP contribution in [0.15, 0.2) is 12.3 Å². The monoisotopic (exact) mass is 68.0 g/mol. The van der Waals surface area contributed by atoms with E-state index in [1.807, 2.05) is 0 Å². The predicted octanol–water partition coefficient (Wildman–Crippen LogP) is -0.353. The highest BCUT2D eigenvalue weighted by Gasteiger charge is 1.81. The molecule has 0 saturated heterocycles. The Morgan fingerprint density at radius 1 is 1.60 bits per heavy atom. The normalized spacial score (nSPS) is 19.2. The molecule has 2 heteroatoms. The lowest BCUT2D eigenvalue weighted by atomic mass is 10.7. The van der Waals surface area contributed by atoms with Gasteiger partial charge in [0.05, 0.1) is 0 Å². The first kappa shape index (κ1) is 2.72. The Bertz CT molecular complexity index is 42.9. The van der Waals surface area contributed by atoms with Crippen molar-refractivity contribution in [1.29, 1.82) is 0 Å². The Labute approximate surface area is 30.8 Å². The Morgan fingerprint density at radius 3 is 2.80 bits per heavy atom. The second kappa shape index (κ2) is 1.08. The maximum Gasteiger partial charge on any atom is 0.108 e. The molecule has 0 atom stereocenters. The maximum absolute atomic E-state index is 2.68. The number of hydrazine groups is 1. The first-order valence-electron chi connectivity index (χ1n) is 1.41. The van der Waals surface area contributed by atoms with Crippen molar-refractivity contribution in [2.45, 2.75) is 0 Å². The van der Waals surface area contributed by atoms with Gasteiger partial charge in [-0.1, -0.05) is 0 Å². The second-order valence-electron chi connectivity index (χ2n) is 0.747. The van der Waals surface area contributed by atoms with Crippen LogP contribution in [0.4, 0.5) is 0 Å². The highest BCUT2D eigenvalue weighted by atomic mass is 15.4. The largest absolute Gasteiger partial charge is 0.328 e. The van der Waals surface area contributed by atoms with Gasteiger partial charge in [0.15, 0.2) is 0 Å². The van der Waals surface area contributed by atoms with E-state index in [-0.39, 0.29) is 0 Å². The minimum Gasteiger partial charge on any atom is -0.328 e. The lowest BCUT2D eigenvalue weighted by Crippen LogP contribution is -2.16. The van der Waals surface area contributed by atoms with Crippen LogP contribution >= 0.6 is 0 Å². The van der Waals surface area contributed by atoms with Gasteiger partial charge in [0.2, 0.25) is 0 Å². The summed E-state index contributed by atoms with van der Waals surface area (Å²) in [5, 5.41) is 0. The second-order valence-corrected chi connectivity index (χ2v) is 0.747. The molecule has 26 valence electrons. The lowest BCUT2D eigenvalue weighted by Gasteiger charge is -1.82. The highest BCUT2D eigenvalue weighted by molar-refractivity contribution is 4.95. The number of hydrogen-bond acceptors (Lipinski definition) is 2. The standard InChI is InChI=1S/C3H4N2/c1-2-4-5-3-1/h1-2,4-5H. The molecule has 5 heavy (non-hydrogen) atoms. The van der Waals surface area contributed by atoms with Crippen molar-refractivity contribution in [3.63, 3.8) is 0 Å². The van der Waals surface area contributed by atoms with Crippen LogP contribution in [0.5, 0.6) is 0 Å². The minimum absolute atomic E-state index is 1.76. The summed E-state index contributed by atoms with van der Waals surface area (Å²) in [6, 6.07) is 0. The molecule has 2 N–H and O–H groups in total. The van der Waals surface area contributed by atoms with E-state index in [0.29, 0.717) is 0 Å². The maximum atomic E-state index is 2.68. The van der Waals surface area contributed by atoms with Crippen molar-refractivity contribution in [2.75, 3.05) is 0 Å². The summed E-state index contributed by atoms with van der Waals surface area (Å²) in [5.74, 6) is 0. The van der Waals surface area contributed by atoms with Crippen molar-refractivity contribution in [3.8, 4) is 0 Å².